The molecule has 0 spiro atoms. The zero-order valence-corrected chi connectivity index (χ0v) is 15.4. The highest BCUT2D eigenvalue weighted by molar-refractivity contribution is 7.09. The number of carbonyl (C=O) groups is 2. The molecule has 1 aromatic carbocycles. The molecule has 0 aliphatic carbocycles. The van der Waals surface area contributed by atoms with Crippen LogP contribution in [0, 0.1) is 25.2 Å². The SMILES string of the molecule is Cc1csc([C@@H](C#N)C(=O)COC(=O)c2c(-c3ccccc3)noc2C)n1. The molecule has 0 unspecified atom stereocenters. The minimum atomic E-state index is -1.06. The molecule has 3 aromatic rings. The number of carbonyl (C=O) groups excluding carboxylic acids is 2. The zero-order chi connectivity index (χ0) is 19.4. The average Bonchev–Trinajstić information content (AvgIpc) is 3.27. The van der Waals surface area contributed by atoms with Gasteiger partial charge >= 0.3 is 5.97 Å². The van der Waals surface area contributed by atoms with Gasteiger partial charge < -0.3 is 9.26 Å². The predicted octanol–water partition coefficient (Wildman–Crippen LogP) is 3.45. The number of aromatic nitrogens is 2. The van der Waals surface area contributed by atoms with Crippen molar-refractivity contribution in [2.45, 2.75) is 19.8 Å². The summed E-state index contributed by atoms with van der Waals surface area (Å²) in [6, 6.07) is 11.0. The van der Waals surface area contributed by atoms with Gasteiger partial charge in [0.15, 0.2) is 18.3 Å². The quantitative estimate of drug-likeness (QED) is 0.602. The maximum Gasteiger partial charge on any atom is 0.344 e. The van der Waals surface area contributed by atoms with Crippen molar-refractivity contribution in [3.05, 3.63) is 57.7 Å². The smallest absolute Gasteiger partial charge is 0.344 e. The third-order valence-corrected chi connectivity index (χ3v) is 4.82. The minimum absolute atomic E-state index is 0.160. The summed E-state index contributed by atoms with van der Waals surface area (Å²) in [5.74, 6) is -2.03. The van der Waals surface area contributed by atoms with Gasteiger partial charge in [0.25, 0.3) is 0 Å². The van der Waals surface area contributed by atoms with Gasteiger partial charge in [0.2, 0.25) is 0 Å². The number of nitrogens with zero attached hydrogens (tertiary/aromatic N) is 3. The van der Waals surface area contributed by atoms with E-state index < -0.39 is 24.3 Å². The maximum absolute atomic E-state index is 12.5. The summed E-state index contributed by atoms with van der Waals surface area (Å²) in [6.07, 6.45) is 0. The van der Waals surface area contributed by atoms with Crippen molar-refractivity contribution in [3.8, 4) is 17.3 Å². The summed E-state index contributed by atoms with van der Waals surface area (Å²) in [4.78, 5) is 29.0. The largest absolute Gasteiger partial charge is 0.454 e. The molecular formula is C19H15N3O4S. The number of benzene rings is 1. The third-order valence-electron chi connectivity index (χ3n) is 3.79. The Morgan fingerprint density at radius 1 is 1.30 bits per heavy atom. The van der Waals surface area contributed by atoms with E-state index >= 15 is 0 Å². The van der Waals surface area contributed by atoms with E-state index in [0.29, 0.717) is 22.0 Å². The van der Waals surface area contributed by atoms with Gasteiger partial charge in [-0.1, -0.05) is 35.5 Å². The summed E-state index contributed by atoms with van der Waals surface area (Å²) in [6.45, 7) is 2.83. The molecule has 8 heteroatoms. The summed E-state index contributed by atoms with van der Waals surface area (Å²) in [5.41, 5.74) is 1.93. The van der Waals surface area contributed by atoms with Crippen LogP contribution in [0.5, 0.6) is 0 Å². The van der Waals surface area contributed by atoms with Crippen LogP contribution in [0.2, 0.25) is 0 Å². The molecule has 0 N–H and O–H groups in total. The van der Waals surface area contributed by atoms with E-state index in [9.17, 15) is 14.9 Å². The molecule has 0 bridgehead atoms. The maximum atomic E-state index is 12.5. The first kappa shape index (κ1) is 18.5. The minimum Gasteiger partial charge on any atom is -0.454 e. The lowest BCUT2D eigenvalue weighted by atomic mass is 10.1. The number of rotatable bonds is 6. The van der Waals surface area contributed by atoms with E-state index in [0.717, 1.165) is 5.69 Å². The van der Waals surface area contributed by atoms with Gasteiger partial charge in [0, 0.05) is 16.6 Å². The molecule has 0 saturated carbocycles. The number of aryl methyl sites for hydroxylation is 2. The monoisotopic (exact) mass is 381 g/mol. The number of ketones is 1. The molecule has 2 aromatic heterocycles. The van der Waals surface area contributed by atoms with Crippen molar-refractivity contribution in [2.24, 2.45) is 0 Å². The lowest BCUT2D eigenvalue weighted by Gasteiger charge is -2.07. The first-order valence-electron chi connectivity index (χ1n) is 8.04. The molecule has 0 saturated heterocycles. The second kappa shape index (κ2) is 7.93. The van der Waals surface area contributed by atoms with Gasteiger partial charge in [-0.2, -0.15) is 5.26 Å². The normalized spacial score (nSPS) is 11.6. The number of hydrogen-bond acceptors (Lipinski definition) is 8. The highest BCUT2D eigenvalue weighted by Crippen LogP contribution is 2.26. The summed E-state index contributed by atoms with van der Waals surface area (Å²) < 4.78 is 10.3. The number of ether oxygens (including phenoxy) is 1. The van der Waals surface area contributed by atoms with Crippen molar-refractivity contribution in [2.75, 3.05) is 6.61 Å². The number of esters is 1. The molecule has 0 aliphatic heterocycles. The van der Waals surface area contributed by atoms with E-state index in [-0.39, 0.29) is 5.56 Å². The Labute approximate surface area is 159 Å². The van der Waals surface area contributed by atoms with Crippen molar-refractivity contribution >= 4 is 23.1 Å². The number of Topliss-reactive ketones (excluding diaryl/α,β-unsaturated/α-hetero) is 1. The van der Waals surface area contributed by atoms with Gasteiger partial charge in [0.05, 0.1) is 6.07 Å². The Hall–Kier alpha value is -3.31. The summed E-state index contributed by atoms with van der Waals surface area (Å²) >= 11 is 1.22. The Morgan fingerprint density at radius 3 is 2.67 bits per heavy atom. The Bertz CT molecular complexity index is 1020. The number of nitriles is 1. The molecule has 0 fully saturated rings. The van der Waals surface area contributed by atoms with E-state index in [1.165, 1.54) is 11.3 Å². The molecule has 7 nitrogen and oxygen atoms in total. The van der Waals surface area contributed by atoms with Gasteiger partial charge in [0.1, 0.15) is 22.0 Å². The van der Waals surface area contributed by atoms with Crippen LogP contribution in [0.4, 0.5) is 0 Å². The van der Waals surface area contributed by atoms with E-state index in [4.69, 9.17) is 9.26 Å². The first-order valence-corrected chi connectivity index (χ1v) is 8.92. The third kappa shape index (κ3) is 3.93. The summed E-state index contributed by atoms with van der Waals surface area (Å²) in [5, 5.41) is 15.3. The lowest BCUT2D eigenvalue weighted by molar-refractivity contribution is -0.122. The Balaban J connectivity index is 1.74. The van der Waals surface area contributed by atoms with Crippen LogP contribution in [0.1, 0.15) is 32.7 Å². The number of hydrogen-bond donors (Lipinski definition) is 0. The van der Waals surface area contributed by atoms with Gasteiger partial charge in [-0.05, 0) is 13.8 Å². The second-order valence-electron chi connectivity index (χ2n) is 5.76. The molecule has 0 aliphatic rings. The van der Waals surface area contributed by atoms with Crippen molar-refractivity contribution in [1.29, 1.82) is 5.26 Å². The Kier molecular flexibility index (Phi) is 5.43. The van der Waals surface area contributed by atoms with Gasteiger partial charge in [-0.15, -0.1) is 11.3 Å². The molecule has 3 rings (SSSR count). The van der Waals surface area contributed by atoms with Crippen molar-refractivity contribution in [1.82, 2.24) is 10.1 Å². The molecule has 0 amide bonds. The highest BCUT2D eigenvalue weighted by atomic mass is 32.1. The fraction of sp³-hybridized carbons (Fsp3) is 0.211. The number of thiazole rings is 1. The highest BCUT2D eigenvalue weighted by Gasteiger charge is 2.27. The fourth-order valence-corrected chi connectivity index (χ4v) is 3.33. The predicted molar refractivity (Wildman–Crippen MR) is 97.2 cm³/mol. The van der Waals surface area contributed by atoms with Crippen LogP contribution < -0.4 is 0 Å². The standard InChI is InChI=1S/C19H15N3O4S/c1-11-10-27-18(21-11)14(8-20)15(23)9-25-19(24)16-12(2)26-22-17(16)13-6-4-3-5-7-13/h3-7,10,14H,9H2,1-2H3/t14-/m0/s1. The molecule has 27 heavy (non-hydrogen) atoms. The zero-order valence-electron chi connectivity index (χ0n) is 14.6. The molecule has 136 valence electrons. The molecule has 0 radical (unpaired) electrons. The van der Waals surface area contributed by atoms with Crippen molar-refractivity contribution < 1.29 is 18.8 Å². The van der Waals surface area contributed by atoms with Crippen LogP contribution in [0.15, 0.2) is 40.2 Å². The summed E-state index contributed by atoms with van der Waals surface area (Å²) in [7, 11) is 0. The van der Waals surface area contributed by atoms with E-state index in [2.05, 4.69) is 10.1 Å². The molecule has 1 atom stereocenters. The van der Waals surface area contributed by atoms with Crippen LogP contribution in [0.3, 0.4) is 0 Å². The fourth-order valence-electron chi connectivity index (χ4n) is 2.47. The molecular weight excluding hydrogens is 366 g/mol. The van der Waals surface area contributed by atoms with E-state index in [1.54, 1.807) is 31.4 Å². The van der Waals surface area contributed by atoms with Crippen LogP contribution in [-0.2, 0) is 9.53 Å². The van der Waals surface area contributed by atoms with Crippen LogP contribution in [-0.4, -0.2) is 28.5 Å². The van der Waals surface area contributed by atoms with Crippen LogP contribution >= 0.6 is 11.3 Å². The Morgan fingerprint density at radius 2 is 2.04 bits per heavy atom. The average molecular weight is 381 g/mol. The second-order valence-corrected chi connectivity index (χ2v) is 6.65. The topological polar surface area (TPSA) is 106 Å². The van der Waals surface area contributed by atoms with Gasteiger partial charge in [-0.3, -0.25) is 4.79 Å². The van der Waals surface area contributed by atoms with Crippen LogP contribution in [0.25, 0.3) is 11.3 Å². The lowest BCUT2D eigenvalue weighted by Crippen LogP contribution is -2.20. The first-order chi connectivity index (χ1) is 13.0. The van der Waals surface area contributed by atoms with Gasteiger partial charge in [-0.25, -0.2) is 9.78 Å². The molecule has 2 heterocycles. The van der Waals surface area contributed by atoms with E-state index in [1.807, 2.05) is 24.3 Å². The van der Waals surface area contributed by atoms with Crippen molar-refractivity contribution in [3.63, 3.8) is 0 Å².